The molecule has 4 rings (SSSR count). The molecule has 1 unspecified atom stereocenters. The highest BCUT2D eigenvalue weighted by Gasteiger charge is 2.44. The van der Waals surface area contributed by atoms with Crippen LogP contribution in [0.3, 0.4) is 0 Å². The van der Waals surface area contributed by atoms with E-state index in [1.54, 1.807) is 12.3 Å². The third-order valence-corrected chi connectivity index (χ3v) is 5.61. The lowest BCUT2D eigenvalue weighted by Gasteiger charge is -2.38. The van der Waals surface area contributed by atoms with Crippen molar-refractivity contribution in [2.24, 2.45) is 0 Å². The molecule has 0 bridgehead atoms. The topological polar surface area (TPSA) is 122 Å². The van der Waals surface area contributed by atoms with Crippen molar-refractivity contribution in [3.8, 4) is 5.88 Å². The Morgan fingerprint density at radius 2 is 1.64 bits per heavy atom. The quantitative estimate of drug-likeness (QED) is 0.505. The Labute approximate surface area is 217 Å². The van der Waals surface area contributed by atoms with E-state index in [1.165, 1.54) is 6.07 Å². The van der Waals surface area contributed by atoms with Crippen LogP contribution in [-0.2, 0) is 20.9 Å². The molecular weight excluding hydrogens is 549 g/mol. The Kier molecular flexibility index (Phi) is 10.7. The van der Waals surface area contributed by atoms with Crippen LogP contribution in [-0.4, -0.2) is 75.8 Å². The number of aliphatic carboxylic acids is 2. The molecule has 2 fully saturated rings. The third-order valence-electron chi connectivity index (χ3n) is 5.61. The van der Waals surface area contributed by atoms with Gasteiger partial charge in [-0.15, -0.1) is 0 Å². The maximum atomic E-state index is 13.7. The van der Waals surface area contributed by atoms with E-state index in [-0.39, 0.29) is 17.6 Å². The molecule has 39 heavy (non-hydrogen) atoms. The summed E-state index contributed by atoms with van der Waals surface area (Å²) in [5.74, 6) is -3.91. The lowest BCUT2D eigenvalue weighted by Crippen LogP contribution is -2.44. The molecule has 0 saturated carbocycles. The molecule has 2 aromatic heterocycles. The normalized spacial score (nSPS) is 18.9. The number of nitrogens with zero attached hydrogens (tertiary/aromatic N) is 2. The molecule has 0 aromatic carbocycles. The summed E-state index contributed by atoms with van der Waals surface area (Å²) >= 11 is 0. The molecule has 1 spiro atoms. The first-order valence-electron chi connectivity index (χ1n) is 11.3. The van der Waals surface area contributed by atoms with E-state index >= 15 is 0 Å². The zero-order valence-electron chi connectivity index (χ0n) is 20.4. The number of pyridine rings is 1. The number of alkyl halides is 6. The van der Waals surface area contributed by atoms with Crippen molar-refractivity contribution < 1.29 is 64.4 Å². The van der Waals surface area contributed by atoms with E-state index < -0.39 is 30.1 Å². The number of carboxylic acid groups (broad SMARTS) is 2. The van der Waals surface area contributed by atoms with Crippen molar-refractivity contribution in [3.63, 3.8) is 0 Å². The lowest BCUT2D eigenvalue weighted by atomic mass is 9.88. The van der Waals surface area contributed by atoms with Crippen LogP contribution in [0, 0.1) is 12.7 Å². The van der Waals surface area contributed by atoms with Crippen molar-refractivity contribution in [1.29, 1.82) is 0 Å². The highest BCUT2D eigenvalue weighted by atomic mass is 19.4. The summed E-state index contributed by atoms with van der Waals surface area (Å²) in [6, 6.07) is 6.96. The zero-order chi connectivity index (χ0) is 29.4. The fraction of sp³-hybridized carbons (Fsp3) is 0.522. The molecule has 2 aromatic rings. The number of likely N-dealkylation sites (tertiary alicyclic amines) is 1. The van der Waals surface area contributed by atoms with Gasteiger partial charge in [-0.05, 0) is 44.0 Å². The number of piperidine rings is 1. The number of halogens is 7. The van der Waals surface area contributed by atoms with Gasteiger partial charge in [0.1, 0.15) is 17.6 Å². The summed E-state index contributed by atoms with van der Waals surface area (Å²) in [5, 5.41) is 14.2. The third kappa shape index (κ3) is 10.4. The van der Waals surface area contributed by atoms with Crippen LogP contribution in [0.25, 0.3) is 0 Å². The molecule has 16 heteroatoms. The number of carboxylic acids is 2. The molecule has 2 saturated heterocycles. The number of ether oxygens (including phenoxy) is 2. The average molecular weight is 574 g/mol. The second kappa shape index (κ2) is 13.1. The summed E-state index contributed by atoms with van der Waals surface area (Å²) in [4.78, 5) is 24.1. The van der Waals surface area contributed by atoms with E-state index in [9.17, 15) is 30.7 Å². The second-order valence-electron chi connectivity index (χ2n) is 8.62. The van der Waals surface area contributed by atoms with Gasteiger partial charge in [-0.25, -0.2) is 19.0 Å². The van der Waals surface area contributed by atoms with Crippen molar-refractivity contribution >= 4 is 11.9 Å². The van der Waals surface area contributed by atoms with Crippen LogP contribution in [0.15, 0.2) is 34.9 Å². The van der Waals surface area contributed by atoms with Gasteiger partial charge in [0.2, 0.25) is 0 Å². The van der Waals surface area contributed by atoms with E-state index in [4.69, 9.17) is 33.7 Å². The molecular formula is C23H25F7N2O7. The molecule has 2 N–H and O–H groups in total. The Bertz CT molecular complexity index is 1070. The van der Waals surface area contributed by atoms with Gasteiger partial charge >= 0.3 is 24.3 Å². The number of hydrogen-bond acceptors (Lipinski definition) is 7. The van der Waals surface area contributed by atoms with Gasteiger partial charge in [0.15, 0.2) is 5.82 Å². The minimum Gasteiger partial charge on any atom is -0.475 e. The first-order valence-corrected chi connectivity index (χ1v) is 11.3. The number of rotatable bonds is 4. The van der Waals surface area contributed by atoms with Crippen LogP contribution in [0.5, 0.6) is 5.88 Å². The van der Waals surface area contributed by atoms with Crippen molar-refractivity contribution in [2.75, 3.05) is 19.7 Å². The van der Waals surface area contributed by atoms with Crippen LogP contribution in [0.2, 0.25) is 0 Å². The van der Waals surface area contributed by atoms with Gasteiger partial charge in [-0.1, -0.05) is 0 Å². The predicted molar refractivity (Wildman–Crippen MR) is 117 cm³/mol. The molecule has 4 heterocycles. The standard InChI is InChI=1S/C19H23FN2O3.2C2HF3O2/c1-14-4-5-15(24-14)12-22-9-6-19(7-10-22)11-16(13-23-19)25-18-17(20)3-2-8-21-18;2*3-2(4,5)1(6)7/h2-5,8,16H,6-7,9-13H2,1H3;2*(H,6,7). The lowest BCUT2D eigenvalue weighted by molar-refractivity contribution is -0.193. The number of hydrogen-bond donors (Lipinski definition) is 2. The van der Waals surface area contributed by atoms with Crippen LogP contribution < -0.4 is 4.74 Å². The summed E-state index contributed by atoms with van der Waals surface area (Å²) < 4.78 is 94.6. The van der Waals surface area contributed by atoms with Crippen molar-refractivity contribution in [2.45, 2.75) is 56.8 Å². The first-order chi connectivity index (χ1) is 18.0. The van der Waals surface area contributed by atoms with E-state index in [0.717, 1.165) is 50.4 Å². The van der Waals surface area contributed by atoms with Gasteiger partial charge < -0.3 is 24.1 Å². The van der Waals surface area contributed by atoms with E-state index in [2.05, 4.69) is 9.88 Å². The average Bonchev–Trinajstić information content (AvgIpc) is 3.42. The Balaban J connectivity index is 0.000000317. The predicted octanol–water partition coefficient (Wildman–Crippen LogP) is 4.59. The van der Waals surface area contributed by atoms with Gasteiger partial charge in [0.25, 0.3) is 5.88 Å². The van der Waals surface area contributed by atoms with Crippen molar-refractivity contribution in [3.05, 3.63) is 47.8 Å². The minimum absolute atomic E-state index is 0.0683. The Morgan fingerprint density at radius 3 is 2.10 bits per heavy atom. The molecule has 1 atom stereocenters. The fourth-order valence-electron chi connectivity index (χ4n) is 3.75. The highest BCUT2D eigenvalue weighted by molar-refractivity contribution is 5.73. The van der Waals surface area contributed by atoms with Gasteiger partial charge in [0.05, 0.1) is 18.8 Å². The number of aromatic nitrogens is 1. The first kappa shape index (κ1) is 31.8. The number of furan rings is 1. The summed E-state index contributed by atoms with van der Waals surface area (Å²) in [7, 11) is 0. The Morgan fingerprint density at radius 1 is 1.08 bits per heavy atom. The molecule has 0 radical (unpaired) electrons. The number of aryl methyl sites for hydroxylation is 1. The van der Waals surface area contributed by atoms with Crippen LogP contribution in [0.4, 0.5) is 30.7 Å². The molecule has 2 aliphatic heterocycles. The monoisotopic (exact) mass is 574 g/mol. The summed E-state index contributed by atoms with van der Waals surface area (Å²) in [5.41, 5.74) is -0.147. The van der Waals surface area contributed by atoms with E-state index in [0.29, 0.717) is 6.61 Å². The SMILES string of the molecule is Cc1ccc(CN2CCC3(CC2)CC(Oc2ncccc2F)CO3)o1.O=C(O)C(F)(F)F.O=C(O)C(F)(F)F. The second-order valence-corrected chi connectivity index (χ2v) is 8.62. The fourth-order valence-corrected chi connectivity index (χ4v) is 3.75. The van der Waals surface area contributed by atoms with Gasteiger partial charge in [0, 0.05) is 25.7 Å². The molecule has 2 aliphatic rings. The molecule has 0 aliphatic carbocycles. The summed E-state index contributed by atoms with van der Waals surface area (Å²) in [6.07, 6.45) is -6.06. The number of carbonyl (C=O) groups is 2. The van der Waals surface area contributed by atoms with Crippen LogP contribution >= 0.6 is 0 Å². The largest absolute Gasteiger partial charge is 0.490 e. The maximum Gasteiger partial charge on any atom is 0.490 e. The molecule has 218 valence electrons. The van der Waals surface area contributed by atoms with Gasteiger partial charge in [-0.3, -0.25) is 4.90 Å². The zero-order valence-corrected chi connectivity index (χ0v) is 20.4. The highest BCUT2D eigenvalue weighted by Crippen LogP contribution is 2.37. The maximum absolute atomic E-state index is 13.7. The minimum atomic E-state index is -5.08. The molecule has 0 amide bonds. The smallest absolute Gasteiger partial charge is 0.475 e. The van der Waals surface area contributed by atoms with Crippen LogP contribution in [0.1, 0.15) is 30.8 Å². The van der Waals surface area contributed by atoms with Crippen molar-refractivity contribution in [1.82, 2.24) is 9.88 Å². The van der Waals surface area contributed by atoms with Gasteiger partial charge in [-0.2, -0.15) is 26.3 Å². The Hall–Kier alpha value is -3.40. The molecule has 9 nitrogen and oxygen atoms in total. The summed E-state index contributed by atoms with van der Waals surface area (Å²) in [6.45, 7) is 5.22. The van der Waals surface area contributed by atoms with E-state index in [1.807, 2.05) is 19.1 Å².